The third kappa shape index (κ3) is 5.18. The summed E-state index contributed by atoms with van der Waals surface area (Å²) in [7, 11) is 0. The summed E-state index contributed by atoms with van der Waals surface area (Å²) in [5.41, 5.74) is 5.74. The van der Waals surface area contributed by atoms with E-state index < -0.39 is 0 Å². The summed E-state index contributed by atoms with van der Waals surface area (Å²) < 4.78 is 0. The summed E-state index contributed by atoms with van der Waals surface area (Å²) >= 11 is 1.81. The van der Waals surface area contributed by atoms with Crippen molar-refractivity contribution in [3.05, 3.63) is 87.1 Å². The average Bonchev–Trinajstić information content (AvgIpc) is 3.35. The van der Waals surface area contributed by atoms with Crippen LogP contribution in [0.5, 0.6) is 0 Å². The molecule has 0 spiro atoms. The van der Waals surface area contributed by atoms with Gasteiger partial charge in [0.25, 0.3) is 0 Å². The van der Waals surface area contributed by atoms with Crippen LogP contribution >= 0.6 is 11.3 Å². The molecule has 36 heavy (non-hydrogen) atoms. The van der Waals surface area contributed by atoms with E-state index in [0.29, 0.717) is 26.2 Å². The molecule has 3 amide bonds. The molecule has 3 heterocycles. The predicted molar refractivity (Wildman–Crippen MR) is 146 cm³/mol. The Labute approximate surface area is 217 Å². The van der Waals surface area contributed by atoms with Crippen LogP contribution in [0.3, 0.4) is 0 Å². The number of aryl methyl sites for hydroxylation is 2. The normalized spacial score (nSPS) is 20.2. The lowest BCUT2D eigenvalue weighted by atomic mass is 9.92. The standard InChI is InChI=1S/C29H34N4O2S/c1-20-4-8-23(9-5-20)28-25-13-17-36-26(25)12-14-32(28)19-27(34)31-15-16-33(22(3)18-31)29(35)30-24-10-6-21(2)7-11-24/h4-11,13,17,22,28H,12,14-16,18-19H2,1-3H3,(H,30,35)/t22-,28-/m1/s1. The third-order valence-corrected chi connectivity index (χ3v) is 8.34. The van der Waals surface area contributed by atoms with Gasteiger partial charge < -0.3 is 15.1 Å². The molecule has 3 aromatic rings. The Hall–Kier alpha value is -3.16. The van der Waals surface area contributed by atoms with Crippen LogP contribution < -0.4 is 5.32 Å². The zero-order valence-corrected chi connectivity index (χ0v) is 22.1. The molecule has 1 N–H and O–H groups in total. The van der Waals surface area contributed by atoms with Gasteiger partial charge in [-0.25, -0.2) is 4.79 Å². The van der Waals surface area contributed by atoms with Crippen LogP contribution in [-0.4, -0.2) is 65.4 Å². The Kier molecular flexibility index (Phi) is 7.12. The molecule has 2 aromatic carbocycles. The maximum absolute atomic E-state index is 13.5. The number of nitrogens with zero attached hydrogens (tertiary/aromatic N) is 3. The lowest BCUT2D eigenvalue weighted by molar-refractivity contribution is -0.135. The average molecular weight is 503 g/mol. The quantitative estimate of drug-likeness (QED) is 0.542. The number of hydrogen-bond donors (Lipinski definition) is 1. The number of carbonyl (C=O) groups is 2. The molecule has 2 aliphatic heterocycles. The van der Waals surface area contributed by atoms with Gasteiger partial charge in [-0.1, -0.05) is 47.5 Å². The third-order valence-electron chi connectivity index (χ3n) is 7.34. The number of anilines is 1. The van der Waals surface area contributed by atoms with Gasteiger partial charge in [0.1, 0.15) is 0 Å². The van der Waals surface area contributed by atoms with Gasteiger partial charge in [0.2, 0.25) is 5.91 Å². The van der Waals surface area contributed by atoms with Crippen molar-refractivity contribution in [1.82, 2.24) is 14.7 Å². The maximum atomic E-state index is 13.5. The summed E-state index contributed by atoms with van der Waals surface area (Å²) in [6, 6.07) is 18.6. The number of nitrogens with one attached hydrogen (secondary N) is 1. The van der Waals surface area contributed by atoms with E-state index >= 15 is 0 Å². The first-order valence-electron chi connectivity index (χ1n) is 12.7. The SMILES string of the molecule is Cc1ccc(NC(=O)N2CCN(C(=O)CN3CCc4sccc4[C@H]3c3ccc(C)cc3)C[C@H]2C)cc1. The van der Waals surface area contributed by atoms with Crippen LogP contribution in [0.2, 0.25) is 0 Å². The smallest absolute Gasteiger partial charge is 0.322 e. The fourth-order valence-electron chi connectivity index (χ4n) is 5.27. The first-order valence-corrected chi connectivity index (χ1v) is 13.6. The molecule has 2 atom stereocenters. The van der Waals surface area contributed by atoms with Gasteiger partial charge in [-0.15, -0.1) is 11.3 Å². The van der Waals surface area contributed by atoms with Crippen LogP contribution in [0.4, 0.5) is 10.5 Å². The largest absolute Gasteiger partial charge is 0.338 e. The Bertz CT molecular complexity index is 1220. The minimum Gasteiger partial charge on any atom is -0.338 e. The molecule has 2 aliphatic rings. The van der Waals surface area contributed by atoms with Crippen molar-refractivity contribution in [3.8, 4) is 0 Å². The molecule has 0 aliphatic carbocycles. The van der Waals surface area contributed by atoms with Crippen LogP contribution in [-0.2, 0) is 11.2 Å². The minimum atomic E-state index is -0.112. The molecule has 1 fully saturated rings. The van der Waals surface area contributed by atoms with Crippen LogP contribution in [0, 0.1) is 13.8 Å². The number of urea groups is 1. The highest BCUT2D eigenvalue weighted by molar-refractivity contribution is 7.10. The van der Waals surface area contributed by atoms with E-state index in [0.717, 1.165) is 24.2 Å². The van der Waals surface area contributed by atoms with E-state index in [1.165, 1.54) is 21.6 Å². The zero-order valence-electron chi connectivity index (χ0n) is 21.2. The highest BCUT2D eigenvalue weighted by Crippen LogP contribution is 2.37. The van der Waals surface area contributed by atoms with Gasteiger partial charge in [-0.3, -0.25) is 9.69 Å². The lowest BCUT2D eigenvalue weighted by Crippen LogP contribution is -2.58. The fraction of sp³-hybridized carbons (Fsp3) is 0.379. The molecule has 0 bridgehead atoms. The summed E-state index contributed by atoms with van der Waals surface area (Å²) in [4.78, 5) is 33.8. The first-order chi connectivity index (χ1) is 17.4. The number of hydrogen-bond acceptors (Lipinski definition) is 4. The molecule has 0 radical (unpaired) electrons. The number of rotatable bonds is 4. The highest BCUT2D eigenvalue weighted by atomic mass is 32.1. The van der Waals surface area contributed by atoms with Gasteiger partial charge in [0, 0.05) is 42.8 Å². The van der Waals surface area contributed by atoms with Gasteiger partial charge in [0.15, 0.2) is 0 Å². The van der Waals surface area contributed by atoms with Gasteiger partial charge >= 0.3 is 6.03 Å². The van der Waals surface area contributed by atoms with Crippen LogP contribution in [0.1, 0.15) is 40.1 Å². The molecule has 0 saturated carbocycles. The van der Waals surface area contributed by atoms with Gasteiger partial charge in [0.05, 0.1) is 12.6 Å². The highest BCUT2D eigenvalue weighted by Gasteiger charge is 2.34. The summed E-state index contributed by atoms with van der Waals surface area (Å²) in [5, 5.41) is 5.16. The minimum absolute atomic E-state index is 0.0501. The molecule has 188 valence electrons. The Morgan fingerprint density at radius 2 is 1.64 bits per heavy atom. The van der Waals surface area contributed by atoms with Crippen molar-refractivity contribution in [3.63, 3.8) is 0 Å². The van der Waals surface area contributed by atoms with E-state index in [1.807, 2.05) is 59.2 Å². The molecular weight excluding hydrogens is 468 g/mol. The molecule has 7 heteroatoms. The number of benzene rings is 2. The van der Waals surface area contributed by atoms with Crippen LogP contribution in [0.25, 0.3) is 0 Å². The number of fused-ring (bicyclic) bond motifs is 1. The van der Waals surface area contributed by atoms with Crippen molar-refractivity contribution in [2.24, 2.45) is 0 Å². The summed E-state index contributed by atoms with van der Waals surface area (Å²) in [6.45, 7) is 9.02. The topological polar surface area (TPSA) is 55.9 Å². The Balaban J connectivity index is 1.23. The number of amides is 3. The lowest BCUT2D eigenvalue weighted by Gasteiger charge is -2.41. The van der Waals surface area contributed by atoms with E-state index in [1.54, 1.807) is 0 Å². The molecule has 1 aromatic heterocycles. The molecule has 0 unspecified atom stereocenters. The zero-order chi connectivity index (χ0) is 25.2. The van der Waals surface area contributed by atoms with Crippen molar-refractivity contribution in [2.45, 2.75) is 39.3 Å². The molecule has 5 rings (SSSR count). The van der Waals surface area contributed by atoms with Crippen LogP contribution in [0.15, 0.2) is 60.0 Å². The maximum Gasteiger partial charge on any atom is 0.322 e. The summed E-state index contributed by atoms with van der Waals surface area (Å²) in [5.74, 6) is 0.135. The molecule has 6 nitrogen and oxygen atoms in total. The molecular formula is C29H34N4O2S. The fourth-order valence-corrected chi connectivity index (χ4v) is 6.17. The second kappa shape index (κ2) is 10.4. The Morgan fingerprint density at radius 1 is 0.944 bits per heavy atom. The van der Waals surface area contributed by atoms with Gasteiger partial charge in [-0.2, -0.15) is 0 Å². The molecule has 1 saturated heterocycles. The van der Waals surface area contributed by atoms with Gasteiger partial charge in [-0.05, 0) is 61.9 Å². The number of carbonyl (C=O) groups excluding carboxylic acids is 2. The van der Waals surface area contributed by atoms with E-state index in [9.17, 15) is 9.59 Å². The first kappa shape index (κ1) is 24.5. The monoisotopic (exact) mass is 502 g/mol. The van der Waals surface area contributed by atoms with E-state index in [-0.39, 0.29) is 24.0 Å². The number of thiophene rings is 1. The number of piperazine rings is 1. The van der Waals surface area contributed by atoms with Crippen molar-refractivity contribution >= 4 is 29.0 Å². The Morgan fingerprint density at radius 3 is 2.33 bits per heavy atom. The second-order valence-electron chi connectivity index (χ2n) is 10.0. The van der Waals surface area contributed by atoms with Crippen molar-refractivity contribution < 1.29 is 9.59 Å². The summed E-state index contributed by atoms with van der Waals surface area (Å²) in [6.07, 6.45) is 0.978. The second-order valence-corrected chi connectivity index (χ2v) is 11.0. The predicted octanol–water partition coefficient (Wildman–Crippen LogP) is 5.08. The van der Waals surface area contributed by atoms with E-state index in [2.05, 4.69) is 52.9 Å². The van der Waals surface area contributed by atoms with Crippen molar-refractivity contribution in [2.75, 3.05) is 38.0 Å². The van der Waals surface area contributed by atoms with Crippen molar-refractivity contribution in [1.29, 1.82) is 0 Å². The van der Waals surface area contributed by atoms with E-state index in [4.69, 9.17) is 0 Å².